The number of carbonyl (C=O) groups excluding carboxylic acids is 1. The molecule has 0 aliphatic rings. The number of hydrogen-bond donors (Lipinski definition) is 1. The number of anilines is 1. The van der Waals surface area contributed by atoms with Gasteiger partial charge < -0.3 is 10.1 Å². The van der Waals surface area contributed by atoms with Crippen LogP contribution >= 0.6 is 23.4 Å². The van der Waals surface area contributed by atoms with Gasteiger partial charge in [0.2, 0.25) is 5.91 Å². The van der Waals surface area contributed by atoms with Gasteiger partial charge in [0.05, 0.1) is 17.7 Å². The molecule has 1 N–H and O–H groups in total. The average Bonchev–Trinajstić information content (AvgIpc) is 2.82. The SMILES string of the molecule is COc1ccc(S(=O)(=O)N(CC(=O)NCCSCc2cccc(C)c2)c2cccc(Cl)c2)cc1. The smallest absolute Gasteiger partial charge is 0.264 e. The minimum atomic E-state index is -4.01. The first kappa shape index (κ1) is 25.9. The van der Waals surface area contributed by atoms with Crippen LogP contribution in [0.2, 0.25) is 5.02 Å². The molecule has 34 heavy (non-hydrogen) atoms. The van der Waals surface area contributed by atoms with Crippen molar-refractivity contribution in [3.05, 3.63) is 88.9 Å². The number of sulfonamides is 1. The number of ether oxygens (including phenoxy) is 1. The van der Waals surface area contributed by atoms with E-state index in [4.69, 9.17) is 16.3 Å². The van der Waals surface area contributed by atoms with Crippen molar-refractivity contribution in [1.29, 1.82) is 0 Å². The minimum Gasteiger partial charge on any atom is -0.497 e. The maximum absolute atomic E-state index is 13.4. The second-order valence-electron chi connectivity index (χ2n) is 7.56. The third-order valence-corrected chi connectivity index (χ3v) is 8.00. The molecule has 0 aromatic heterocycles. The van der Waals surface area contributed by atoms with E-state index in [0.717, 1.165) is 10.1 Å². The summed E-state index contributed by atoms with van der Waals surface area (Å²) in [5.41, 5.74) is 2.76. The summed E-state index contributed by atoms with van der Waals surface area (Å²) < 4.78 is 33.0. The summed E-state index contributed by atoms with van der Waals surface area (Å²) in [7, 11) is -2.51. The molecule has 0 bridgehead atoms. The summed E-state index contributed by atoms with van der Waals surface area (Å²) in [5, 5.41) is 3.19. The Bertz CT molecular complexity index is 1220. The Morgan fingerprint density at radius 3 is 2.47 bits per heavy atom. The van der Waals surface area contributed by atoms with Gasteiger partial charge in [0.1, 0.15) is 12.3 Å². The third-order valence-electron chi connectivity index (χ3n) is 4.95. The highest BCUT2D eigenvalue weighted by Gasteiger charge is 2.27. The number of halogens is 1. The van der Waals surface area contributed by atoms with Crippen LogP contribution in [-0.4, -0.2) is 40.3 Å². The van der Waals surface area contributed by atoms with Crippen molar-refractivity contribution < 1.29 is 17.9 Å². The molecule has 0 aliphatic carbocycles. The first-order valence-electron chi connectivity index (χ1n) is 10.6. The Kier molecular flexibility index (Phi) is 9.27. The Morgan fingerprint density at radius 2 is 1.79 bits per heavy atom. The zero-order valence-corrected chi connectivity index (χ0v) is 21.4. The van der Waals surface area contributed by atoms with Crippen LogP contribution in [0, 0.1) is 6.92 Å². The second kappa shape index (κ2) is 12.1. The molecule has 0 saturated carbocycles. The summed E-state index contributed by atoms with van der Waals surface area (Å²) in [4.78, 5) is 12.7. The molecule has 0 spiro atoms. The molecule has 0 aliphatic heterocycles. The summed E-state index contributed by atoms with van der Waals surface area (Å²) in [6.07, 6.45) is 0. The van der Waals surface area contributed by atoms with Crippen molar-refractivity contribution in [3.8, 4) is 5.75 Å². The monoisotopic (exact) mass is 518 g/mol. The molecular formula is C25H27ClN2O4S2. The fraction of sp³-hybridized carbons (Fsp3) is 0.240. The normalized spacial score (nSPS) is 11.1. The standard InChI is InChI=1S/C25H27ClN2O4S2/c1-19-5-3-6-20(15-19)18-33-14-13-27-25(29)17-28(22-8-4-7-21(26)16-22)34(30,31)24-11-9-23(32-2)10-12-24/h3-12,15-16H,13-14,17-18H2,1-2H3,(H,27,29). The Morgan fingerprint density at radius 1 is 1.06 bits per heavy atom. The molecule has 180 valence electrons. The highest BCUT2D eigenvalue weighted by Crippen LogP contribution is 2.27. The van der Waals surface area contributed by atoms with E-state index >= 15 is 0 Å². The number of aryl methyl sites for hydroxylation is 1. The topological polar surface area (TPSA) is 75.7 Å². The number of benzene rings is 3. The molecular weight excluding hydrogens is 492 g/mol. The lowest BCUT2D eigenvalue weighted by Crippen LogP contribution is -2.41. The molecule has 3 aromatic rings. The molecule has 0 atom stereocenters. The third kappa shape index (κ3) is 7.16. The van der Waals surface area contributed by atoms with Crippen LogP contribution in [0.3, 0.4) is 0 Å². The number of nitrogens with one attached hydrogen (secondary N) is 1. The van der Waals surface area contributed by atoms with E-state index in [-0.39, 0.29) is 11.4 Å². The second-order valence-corrected chi connectivity index (χ2v) is 11.0. The summed E-state index contributed by atoms with van der Waals surface area (Å²) in [5.74, 6) is 1.70. The van der Waals surface area contributed by atoms with Crippen LogP contribution < -0.4 is 14.4 Å². The van der Waals surface area contributed by atoms with Crippen LogP contribution in [0.15, 0.2) is 77.7 Å². The average molecular weight is 519 g/mol. The van der Waals surface area contributed by atoms with Gasteiger partial charge in [-0.15, -0.1) is 0 Å². The number of methoxy groups -OCH3 is 1. The molecule has 0 heterocycles. The van der Waals surface area contributed by atoms with Gasteiger partial charge in [-0.05, 0) is 55.0 Å². The van der Waals surface area contributed by atoms with Crippen LogP contribution in [0.25, 0.3) is 0 Å². The van der Waals surface area contributed by atoms with Crippen LogP contribution in [0.4, 0.5) is 5.69 Å². The van der Waals surface area contributed by atoms with Gasteiger partial charge in [-0.3, -0.25) is 9.10 Å². The van der Waals surface area contributed by atoms with Crippen LogP contribution in [-0.2, 0) is 20.6 Å². The predicted octanol–water partition coefficient (Wildman–Crippen LogP) is 4.90. The lowest BCUT2D eigenvalue weighted by Gasteiger charge is -2.24. The molecule has 9 heteroatoms. The van der Waals surface area contributed by atoms with Crippen LogP contribution in [0.1, 0.15) is 11.1 Å². The lowest BCUT2D eigenvalue weighted by molar-refractivity contribution is -0.119. The van der Waals surface area contributed by atoms with Gasteiger partial charge in [0, 0.05) is 23.1 Å². The zero-order valence-electron chi connectivity index (χ0n) is 19.0. The predicted molar refractivity (Wildman–Crippen MR) is 139 cm³/mol. The van der Waals surface area contributed by atoms with Gasteiger partial charge in [-0.1, -0.05) is 47.5 Å². The highest BCUT2D eigenvalue weighted by molar-refractivity contribution is 7.98. The first-order chi connectivity index (χ1) is 16.3. The van der Waals surface area contributed by atoms with Crippen molar-refractivity contribution in [2.75, 3.05) is 30.3 Å². The Labute approximate surface area is 210 Å². The molecule has 0 saturated heterocycles. The van der Waals surface area contributed by atoms with Crippen molar-refractivity contribution in [2.24, 2.45) is 0 Å². The van der Waals surface area contributed by atoms with E-state index in [2.05, 4.69) is 30.4 Å². The summed E-state index contributed by atoms with van der Waals surface area (Å²) >= 11 is 7.80. The molecule has 3 rings (SSSR count). The fourth-order valence-electron chi connectivity index (χ4n) is 3.26. The summed E-state index contributed by atoms with van der Waals surface area (Å²) in [6, 6.07) is 20.7. The first-order valence-corrected chi connectivity index (χ1v) is 13.6. The fourth-order valence-corrected chi connectivity index (χ4v) is 5.67. The molecule has 6 nitrogen and oxygen atoms in total. The van der Waals surface area contributed by atoms with Crippen molar-refractivity contribution in [3.63, 3.8) is 0 Å². The molecule has 1 amide bonds. The van der Waals surface area contributed by atoms with Crippen molar-refractivity contribution >= 4 is 45.0 Å². The Balaban J connectivity index is 1.66. The van der Waals surface area contributed by atoms with E-state index < -0.39 is 15.9 Å². The van der Waals surface area contributed by atoms with Gasteiger partial charge in [0.15, 0.2) is 0 Å². The maximum Gasteiger partial charge on any atom is 0.264 e. The maximum atomic E-state index is 13.4. The van der Waals surface area contributed by atoms with Gasteiger partial charge in [0.25, 0.3) is 10.0 Å². The lowest BCUT2D eigenvalue weighted by atomic mass is 10.2. The van der Waals surface area contributed by atoms with Crippen LogP contribution in [0.5, 0.6) is 5.75 Å². The van der Waals surface area contributed by atoms with E-state index in [9.17, 15) is 13.2 Å². The van der Waals surface area contributed by atoms with E-state index in [1.54, 1.807) is 42.1 Å². The van der Waals surface area contributed by atoms with E-state index in [0.29, 0.717) is 28.8 Å². The van der Waals surface area contributed by atoms with E-state index in [1.165, 1.54) is 36.4 Å². The van der Waals surface area contributed by atoms with E-state index in [1.807, 2.05) is 6.07 Å². The van der Waals surface area contributed by atoms with Gasteiger partial charge in [-0.2, -0.15) is 11.8 Å². The van der Waals surface area contributed by atoms with Crippen molar-refractivity contribution in [2.45, 2.75) is 17.6 Å². The highest BCUT2D eigenvalue weighted by atomic mass is 35.5. The summed E-state index contributed by atoms with van der Waals surface area (Å²) in [6.45, 7) is 2.12. The molecule has 0 radical (unpaired) electrons. The van der Waals surface area contributed by atoms with Crippen molar-refractivity contribution in [1.82, 2.24) is 5.32 Å². The van der Waals surface area contributed by atoms with Gasteiger partial charge in [-0.25, -0.2) is 8.42 Å². The number of amides is 1. The largest absolute Gasteiger partial charge is 0.497 e. The Hall–Kier alpha value is -2.68. The quantitative estimate of drug-likeness (QED) is 0.365. The number of nitrogens with zero attached hydrogens (tertiary/aromatic N) is 1. The minimum absolute atomic E-state index is 0.0507. The zero-order chi connectivity index (χ0) is 24.6. The van der Waals surface area contributed by atoms with Gasteiger partial charge >= 0.3 is 0 Å². The molecule has 3 aromatic carbocycles. The molecule has 0 fully saturated rings. The number of carbonyl (C=O) groups is 1. The molecule has 0 unspecified atom stereocenters. The number of thioether (sulfide) groups is 1. The number of rotatable bonds is 11. The number of hydrogen-bond acceptors (Lipinski definition) is 5.